The molecular weight excluding hydrogens is 597 g/mol. The smallest absolute Gasteiger partial charge is 0.330 e. The highest BCUT2D eigenvalue weighted by molar-refractivity contribution is 7.98. The fourth-order valence-corrected chi connectivity index (χ4v) is 6.20. The first kappa shape index (κ1) is 32.0. The minimum absolute atomic E-state index is 0.0167. The van der Waals surface area contributed by atoms with Gasteiger partial charge in [-0.3, -0.25) is 0 Å². The Morgan fingerprint density at radius 3 is 1.95 bits per heavy atom. The molecule has 230 valence electrons. The number of halogens is 9. The van der Waals surface area contributed by atoms with E-state index in [0.717, 1.165) is 48.4 Å². The van der Waals surface area contributed by atoms with E-state index in [0.29, 0.717) is 29.4 Å². The van der Waals surface area contributed by atoms with Crippen molar-refractivity contribution in [1.82, 2.24) is 20.2 Å². The van der Waals surface area contributed by atoms with E-state index in [2.05, 4.69) is 15.4 Å². The maximum Gasteiger partial charge on any atom is 0.416 e. The lowest BCUT2D eigenvalue weighted by Crippen LogP contribution is -2.25. The van der Waals surface area contributed by atoms with Crippen molar-refractivity contribution >= 4 is 17.7 Å². The van der Waals surface area contributed by atoms with Crippen LogP contribution in [0.25, 0.3) is 0 Å². The van der Waals surface area contributed by atoms with E-state index in [4.69, 9.17) is 0 Å². The lowest BCUT2D eigenvalue weighted by molar-refractivity contribution is -0.143. The van der Waals surface area contributed by atoms with E-state index in [-0.39, 0.29) is 29.7 Å². The number of aryl methyl sites for hydroxylation is 1. The van der Waals surface area contributed by atoms with Gasteiger partial charge in [0.1, 0.15) is 0 Å². The summed E-state index contributed by atoms with van der Waals surface area (Å²) in [6.07, 6.45) is -9.13. The quantitative estimate of drug-likeness (QED) is 0.224. The molecule has 0 radical (unpaired) electrons. The Kier molecular flexibility index (Phi) is 9.68. The number of rotatable bonds is 9. The zero-order chi connectivity index (χ0) is 30.7. The molecule has 3 aromatic rings. The number of aromatic nitrogens is 4. The number of thioether (sulfide) groups is 1. The van der Waals surface area contributed by atoms with E-state index in [1.807, 2.05) is 0 Å². The molecule has 0 unspecified atom stereocenters. The zero-order valence-electron chi connectivity index (χ0n) is 22.5. The van der Waals surface area contributed by atoms with Gasteiger partial charge in [-0.05, 0) is 76.7 Å². The molecule has 0 saturated heterocycles. The summed E-state index contributed by atoms with van der Waals surface area (Å²) in [7, 11) is 1.40. The molecule has 0 N–H and O–H groups in total. The SMILES string of the molecule is Cn1nnc(N(Cc2cc(C(F)(F)F)cc(C(F)(F)F)c2)Cc2cc(C(F)(F)F)ccc2CSCC2CCCCC2)n1. The molecule has 5 nitrogen and oxygen atoms in total. The fraction of sp³-hybridized carbons (Fsp3) is 0.519. The number of tetrazole rings is 1. The molecule has 0 bridgehead atoms. The van der Waals surface area contributed by atoms with Crippen molar-refractivity contribution in [3.63, 3.8) is 0 Å². The van der Waals surface area contributed by atoms with Crippen LogP contribution in [0.4, 0.5) is 45.5 Å². The van der Waals surface area contributed by atoms with Gasteiger partial charge in [0.25, 0.3) is 5.95 Å². The predicted molar refractivity (Wildman–Crippen MR) is 139 cm³/mol. The van der Waals surface area contributed by atoms with Crippen molar-refractivity contribution in [1.29, 1.82) is 0 Å². The third kappa shape index (κ3) is 8.54. The first-order chi connectivity index (χ1) is 19.6. The van der Waals surface area contributed by atoms with Gasteiger partial charge in [-0.1, -0.05) is 30.4 Å². The van der Waals surface area contributed by atoms with Gasteiger partial charge in [-0.2, -0.15) is 56.1 Å². The Balaban J connectivity index is 1.68. The van der Waals surface area contributed by atoms with Crippen molar-refractivity contribution in [3.8, 4) is 0 Å². The molecule has 1 aliphatic rings. The van der Waals surface area contributed by atoms with Gasteiger partial charge in [0.15, 0.2) is 0 Å². The van der Waals surface area contributed by atoms with Crippen LogP contribution in [0.15, 0.2) is 36.4 Å². The van der Waals surface area contributed by atoms with E-state index in [9.17, 15) is 39.5 Å². The van der Waals surface area contributed by atoms with E-state index in [1.165, 1.54) is 24.4 Å². The number of hydrogen-bond donors (Lipinski definition) is 0. The van der Waals surface area contributed by atoms with Crippen LogP contribution in [0.5, 0.6) is 0 Å². The standard InChI is InChI=1S/C27H28F9N5S/c1-40-38-24(37-39-40)41(13-18-9-22(26(31,32)33)12-23(10-18)27(34,35)36)14-20-11-21(25(28,29)30)8-7-19(20)16-42-15-17-5-3-2-4-6-17/h7-12,17H,2-6,13-16H2,1H3. The second kappa shape index (κ2) is 12.7. The molecule has 1 heterocycles. The highest BCUT2D eigenvalue weighted by Gasteiger charge is 2.37. The first-order valence-corrected chi connectivity index (χ1v) is 14.3. The van der Waals surface area contributed by atoms with Crippen molar-refractivity contribution in [2.24, 2.45) is 13.0 Å². The van der Waals surface area contributed by atoms with Gasteiger partial charge >= 0.3 is 18.5 Å². The van der Waals surface area contributed by atoms with Crippen molar-refractivity contribution in [3.05, 3.63) is 69.8 Å². The summed E-state index contributed by atoms with van der Waals surface area (Å²) in [6, 6.07) is 4.45. The maximum absolute atomic E-state index is 13.6. The van der Waals surface area contributed by atoms with Gasteiger partial charge in [-0.15, -0.1) is 5.10 Å². The topological polar surface area (TPSA) is 46.8 Å². The van der Waals surface area contributed by atoms with Crippen LogP contribution in [0, 0.1) is 5.92 Å². The third-order valence-electron chi connectivity index (χ3n) is 7.03. The number of nitrogens with zero attached hydrogens (tertiary/aromatic N) is 5. The summed E-state index contributed by atoms with van der Waals surface area (Å²) in [4.78, 5) is 2.25. The molecule has 1 aromatic heterocycles. The van der Waals surface area contributed by atoms with Gasteiger partial charge in [0.05, 0.1) is 23.7 Å². The number of benzene rings is 2. The summed E-state index contributed by atoms with van der Waals surface area (Å²) >= 11 is 1.58. The molecule has 0 spiro atoms. The summed E-state index contributed by atoms with van der Waals surface area (Å²) < 4.78 is 122. The number of alkyl halides is 9. The summed E-state index contributed by atoms with van der Waals surface area (Å²) in [5.41, 5.74) is -3.53. The molecule has 0 aliphatic heterocycles. The predicted octanol–water partition coefficient (Wildman–Crippen LogP) is 8.29. The Labute approximate surface area is 240 Å². The van der Waals surface area contributed by atoms with Crippen molar-refractivity contribution in [2.45, 2.75) is 69.5 Å². The van der Waals surface area contributed by atoms with E-state index < -0.39 is 41.8 Å². The molecule has 2 aromatic carbocycles. The summed E-state index contributed by atoms with van der Waals surface area (Å²) in [6.45, 7) is -0.865. The minimum atomic E-state index is -5.06. The van der Waals surface area contributed by atoms with Crippen LogP contribution in [0.1, 0.15) is 65.5 Å². The molecule has 1 aliphatic carbocycles. The van der Waals surface area contributed by atoms with Crippen LogP contribution in [-0.4, -0.2) is 26.0 Å². The Morgan fingerprint density at radius 1 is 0.786 bits per heavy atom. The molecule has 1 saturated carbocycles. The van der Waals surface area contributed by atoms with Gasteiger partial charge in [-0.25, -0.2) is 0 Å². The zero-order valence-corrected chi connectivity index (χ0v) is 23.3. The minimum Gasteiger partial charge on any atom is -0.330 e. The van der Waals surface area contributed by atoms with Crippen LogP contribution in [0.2, 0.25) is 0 Å². The molecule has 15 heteroatoms. The monoisotopic (exact) mass is 625 g/mol. The lowest BCUT2D eigenvalue weighted by Gasteiger charge is -2.25. The van der Waals surface area contributed by atoms with E-state index >= 15 is 0 Å². The lowest BCUT2D eigenvalue weighted by atomic mass is 9.91. The van der Waals surface area contributed by atoms with Crippen molar-refractivity contribution in [2.75, 3.05) is 10.7 Å². The molecule has 0 amide bonds. The first-order valence-electron chi connectivity index (χ1n) is 13.1. The van der Waals surface area contributed by atoms with Gasteiger partial charge < -0.3 is 4.90 Å². The van der Waals surface area contributed by atoms with Crippen molar-refractivity contribution < 1.29 is 39.5 Å². The van der Waals surface area contributed by atoms with Crippen LogP contribution in [0.3, 0.4) is 0 Å². The highest BCUT2D eigenvalue weighted by Crippen LogP contribution is 2.38. The third-order valence-corrected chi connectivity index (χ3v) is 8.25. The Morgan fingerprint density at radius 2 is 1.40 bits per heavy atom. The molecule has 1 fully saturated rings. The molecule has 4 rings (SSSR count). The maximum atomic E-state index is 13.6. The average Bonchev–Trinajstić information content (AvgIpc) is 3.34. The molecule has 0 atom stereocenters. The highest BCUT2D eigenvalue weighted by atomic mass is 32.2. The van der Waals surface area contributed by atoms with Crippen LogP contribution < -0.4 is 4.90 Å². The van der Waals surface area contributed by atoms with Crippen LogP contribution >= 0.6 is 11.8 Å². The molecule has 42 heavy (non-hydrogen) atoms. The summed E-state index contributed by atoms with van der Waals surface area (Å²) in [5.74, 6) is 1.57. The number of hydrogen-bond acceptors (Lipinski definition) is 5. The van der Waals surface area contributed by atoms with Crippen LogP contribution in [-0.2, 0) is 44.4 Å². The van der Waals surface area contributed by atoms with Gasteiger partial charge in [0.2, 0.25) is 0 Å². The van der Waals surface area contributed by atoms with E-state index in [1.54, 1.807) is 11.8 Å². The Bertz CT molecular complexity index is 1310. The largest absolute Gasteiger partial charge is 0.416 e. The summed E-state index contributed by atoms with van der Waals surface area (Å²) in [5, 5.41) is 11.5. The fourth-order valence-electron chi connectivity index (χ4n) is 4.91. The average molecular weight is 626 g/mol. The Hall–Kier alpha value is -2.97. The molecular formula is C27H28F9N5S. The second-order valence-electron chi connectivity index (χ2n) is 10.3. The van der Waals surface area contributed by atoms with Gasteiger partial charge in [0, 0.05) is 18.8 Å². The number of anilines is 1. The normalized spacial score (nSPS) is 15.3. The second-order valence-corrected chi connectivity index (χ2v) is 11.4.